The van der Waals surface area contributed by atoms with E-state index in [1.165, 1.54) is 6.26 Å². The maximum absolute atomic E-state index is 11.2. The van der Waals surface area contributed by atoms with Crippen LogP contribution in [0.25, 0.3) is 0 Å². The van der Waals surface area contributed by atoms with E-state index in [0.717, 1.165) is 6.42 Å². The van der Waals surface area contributed by atoms with Crippen molar-refractivity contribution in [3.63, 3.8) is 0 Å². The Labute approximate surface area is 80.1 Å². The summed E-state index contributed by atoms with van der Waals surface area (Å²) in [5.74, 6) is 0. The van der Waals surface area contributed by atoms with Gasteiger partial charge in [-0.3, -0.25) is 4.90 Å². The molecular weight excluding hydrogens is 188 g/mol. The molecule has 13 heavy (non-hydrogen) atoms. The summed E-state index contributed by atoms with van der Waals surface area (Å²) in [7, 11) is -3.07. The highest BCUT2D eigenvalue weighted by Crippen LogP contribution is 2.05. The molecule has 0 heterocycles. The van der Waals surface area contributed by atoms with Crippen LogP contribution in [-0.2, 0) is 9.84 Å². The number of hydrogen-bond donors (Lipinski definition) is 0. The fraction of sp³-hybridized carbons (Fsp3) is 0.875. The van der Waals surface area contributed by atoms with Crippen LogP contribution in [0.4, 0.5) is 0 Å². The van der Waals surface area contributed by atoms with Gasteiger partial charge >= 0.3 is 0 Å². The molecule has 0 bridgehead atoms. The van der Waals surface area contributed by atoms with Crippen LogP contribution >= 0.6 is 0 Å². The molecular formula is C8H16N2O2S. The number of nitriles is 1. The van der Waals surface area contributed by atoms with Crippen LogP contribution in [0.1, 0.15) is 20.3 Å². The summed E-state index contributed by atoms with van der Waals surface area (Å²) in [6, 6.07) is 1.97. The first-order valence-corrected chi connectivity index (χ1v) is 6.18. The summed E-state index contributed by atoms with van der Waals surface area (Å²) in [5.41, 5.74) is 0. The van der Waals surface area contributed by atoms with Crippen LogP contribution < -0.4 is 0 Å². The third-order valence-electron chi connectivity index (χ3n) is 1.92. The van der Waals surface area contributed by atoms with Gasteiger partial charge in [0.2, 0.25) is 0 Å². The van der Waals surface area contributed by atoms with E-state index in [1.54, 1.807) is 11.8 Å². The molecule has 0 spiro atoms. The zero-order valence-corrected chi connectivity index (χ0v) is 9.13. The third-order valence-corrected chi connectivity index (χ3v) is 3.46. The topological polar surface area (TPSA) is 61.2 Å². The molecule has 0 N–H and O–H groups in total. The van der Waals surface area contributed by atoms with Gasteiger partial charge in [-0.05, 0) is 13.3 Å². The molecule has 1 atom stereocenters. The average molecular weight is 204 g/mol. The zero-order valence-electron chi connectivity index (χ0n) is 8.32. The Morgan fingerprint density at radius 1 is 1.54 bits per heavy atom. The van der Waals surface area contributed by atoms with Gasteiger partial charge in [-0.2, -0.15) is 5.26 Å². The van der Waals surface area contributed by atoms with Crippen molar-refractivity contribution in [1.82, 2.24) is 4.90 Å². The molecule has 0 aromatic carbocycles. The summed E-state index contributed by atoms with van der Waals surface area (Å²) < 4.78 is 22.3. The zero-order chi connectivity index (χ0) is 10.5. The monoisotopic (exact) mass is 204 g/mol. The average Bonchev–Trinajstić information content (AvgIpc) is 2.01. The standard InChI is InChI=1S/C8H16N2O2S/c1-4-6-10(7-5-9)8(2)13(3,11)12/h8H,4,6-7H2,1-3H3. The van der Waals surface area contributed by atoms with Gasteiger partial charge in [-0.1, -0.05) is 6.92 Å². The lowest BCUT2D eigenvalue weighted by molar-refractivity contribution is 0.289. The van der Waals surface area contributed by atoms with E-state index in [0.29, 0.717) is 6.54 Å². The Morgan fingerprint density at radius 2 is 2.08 bits per heavy atom. The van der Waals surface area contributed by atoms with E-state index in [4.69, 9.17) is 5.26 Å². The van der Waals surface area contributed by atoms with E-state index in [1.807, 2.05) is 13.0 Å². The lowest BCUT2D eigenvalue weighted by Gasteiger charge is -2.24. The van der Waals surface area contributed by atoms with Crippen molar-refractivity contribution in [2.24, 2.45) is 0 Å². The van der Waals surface area contributed by atoms with Gasteiger partial charge in [0.1, 0.15) is 5.37 Å². The molecule has 0 amide bonds. The Morgan fingerprint density at radius 3 is 2.38 bits per heavy atom. The highest BCUT2D eigenvalue weighted by Gasteiger charge is 2.21. The van der Waals surface area contributed by atoms with Crippen molar-refractivity contribution in [1.29, 1.82) is 5.26 Å². The van der Waals surface area contributed by atoms with E-state index in [9.17, 15) is 8.42 Å². The fourth-order valence-electron chi connectivity index (χ4n) is 1.04. The van der Waals surface area contributed by atoms with Gasteiger partial charge in [0.25, 0.3) is 0 Å². The molecule has 0 saturated heterocycles. The smallest absolute Gasteiger partial charge is 0.163 e. The summed E-state index contributed by atoms with van der Waals surface area (Å²) in [4.78, 5) is 1.66. The molecule has 4 nitrogen and oxygen atoms in total. The van der Waals surface area contributed by atoms with Crippen molar-refractivity contribution < 1.29 is 8.42 Å². The van der Waals surface area contributed by atoms with Crippen LogP contribution in [0.5, 0.6) is 0 Å². The predicted octanol–water partition coefficient (Wildman–Crippen LogP) is 0.613. The molecule has 0 fully saturated rings. The molecule has 0 aromatic rings. The van der Waals surface area contributed by atoms with Crippen LogP contribution in [0.2, 0.25) is 0 Å². The number of nitrogens with zero attached hydrogens (tertiary/aromatic N) is 2. The highest BCUT2D eigenvalue weighted by atomic mass is 32.2. The molecule has 0 rings (SSSR count). The molecule has 0 aliphatic rings. The van der Waals surface area contributed by atoms with Crippen molar-refractivity contribution in [3.05, 3.63) is 0 Å². The Balaban J connectivity index is 4.47. The highest BCUT2D eigenvalue weighted by molar-refractivity contribution is 7.91. The van der Waals surface area contributed by atoms with E-state index < -0.39 is 15.2 Å². The van der Waals surface area contributed by atoms with Crippen molar-refractivity contribution >= 4 is 9.84 Å². The largest absolute Gasteiger partial charge is 0.274 e. The summed E-state index contributed by atoms with van der Waals surface area (Å²) >= 11 is 0. The summed E-state index contributed by atoms with van der Waals surface area (Å²) in [5, 5.41) is 7.93. The SMILES string of the molecule is CCCN(CC#N)C(C)S(C)(=O)=O. The Bertz CT molecular complexity index is 279. The predicted molar refractivity (Wildman–Crippen MR) is 51.8 cm³/mol. The van der Waals surface area contributed by atoms with Crippen molar-refractivity contribution in [3.8, 4) is 6.07 Å². The molecule has 0 aliphatic heterocycles. The van der Waals surface area contributed by atoms with Gasteiger partial charge in [-0.25, -0.2) is 8.42 Å². The lowest BCUT2D eigenvalue weighted by Crippen LogP contribution is -2.39. The van der Waals surface area contributed by atoms with Gasteiger partial charge in [0.05, 0.1) is 12.6 Å². The second-order valence-corrected chi connectivity index (χ2v) is 5.40. The minimum atomic E-state index is -3.07. The van der Waals surface area contributed by atoms with Gasteiger partial charge in [0, 0.05) is 12.8 Å². The van der Waals surface area contributed by atoms with Gasteiger partial charge in [-0.15, -0.1) is 0 Å². The number of sulfone groups is 1. The minimum absolute atomic E-state index is 0.169. The second-order valence-electron chi connectivity index (χ2n) is 3.06. The summed E-state index contributed by atoms with van der Waals surface area (Å²) in [6.45, 7) is 4.38. The Hall–Kier alpha value is -0.600. The maximum atomic E-state index is 11.2. The number of rotatable bonds is 5. The normalized spacial score (nSPS) is 14.1. The van der Waals surface area contributed by atoms with Crippen LogP contribution in [-0.4, -0.2) is 38.0 Å². The van der Waals surface area contributed by atoms with E-state index in [-0.39, 0.29) is 6.54 Å². The van der Waals surface area contributed by atoms with Gasteiger partial charge < -0.3 is 0 Å². The Kier molecular flexibility index (Phi) is 4.96. The van der Waals surface area contributed by atoms with Crippen LogP contribution in [0.3, 0.4) is 0 Å². The summed E-state index contributed by atoms with van der Waals surface area (Å²) in [6.07, 6.45) is 2.04. The first-order chi connectivity index (χ1) is 5.93. The maximum Gasteiger partial charge on any atom is 0.163 e. The second kappa shape index (κ2) is 5.20. The van der Waals surface area contributed by atoms with E-state index >= 15 is 0 Å². The molecule has 5 heteroatoms. The number of hydrogen-bond acceptors (Lipinski definition) is 4. The first kappa shape index (κ1) is 12.4. The van der Waals surface area contributed by atoms with Crippen molar-refractivity contribution in [2.45, 2.75) is 25.6 Å². The molecule has 1 unspecified atom stereocenters. The molecule has 0 aromatic heterocycles. The third kappa shape index (κ3) is 4.25. The first-order valence-electron chi connectivity index (χ1n) is 4.23. The molecule has 0 saturated carbocycles. The lowest BCUT2D eigenvalue weighted by atomic mass is 10.4. The molecule has 0 radical (unpaired) electrons. The van der Waals surface area contributed by atoms with Crippen LogP contribution in [0.15, 0.2) is 0 Å². The minimum Gasteiger partial charge on any atom is -0.274 e. The van der Waals surface area contributed by atoms with E-state index in [2.05, 4.69) is 0 Å². The van der Waals surface area contributed by atoms with Crippen LogP contribution in [0, 0.1) is 11.3 Å². The molecule has 0 aliphatic carbocycles. The van der Waals surface area contributed by atoms with Gasteiger partial charge in [0.15, 0.2) is 9.84 Å². The van der Waals surface area contributed by atoms with Crippen molar-refractivity contribution in [2.75, 3.05) is 19.3 Å². The quantitative estimate of drug-likeness (QED) is 0.616. The fourth-order valence-corrected chi connectivity index (χ4v) is 1.76. The molecule has 76 valence electrons.